The van der Waals surface area contributed by atoms with Crippen LogP contribution in [0, 0.1) is 0 Å². The van der Waals surface area contributed by atoms with E-state index in [9.17, 15) is 33.0 Å². The zero-order valence-corrected chi connectivity index (χ0v) is 16.7. The number of benzene rings is 1. The van der Waals surface area contributed by atoms with Crippen molar-refractivity contribution >= 4 is 11.9 Å². The van der Waals surface area contributed by atoms with E-state index in [2.05, 4.69) is 4.90 Å². The Kier molecular flexibility index (Phi) is 5.94. The molecule has 1 aromatic carbocycles. The summed E-state index contributed by atoms with van der Waals surface area (Å²) in [6.07, 6.45) is -2.55. The van der Waals surface area contributed by atoms with Crippen molar-refractivity contribution in [1.29, 1.82) is 0 Å². The third kappa shape index (κ3) is 4.07. The summed E-state index contributed by atoms with van der Waals surface area (Å²) < 4.78 is 38.9. The van der Waals surface area contributed by atoms with E-state index in [-0.39, 0.29) is 16.7 Å². The van der Waals surface area contributed by atoms with E-state index in [4.69, 9.17) is 0 Å². The fourth-order valence-electron chi connectivity index (χ4n) is 4.15. The van der Waals surface area contributed by atoms with Crippen LogP contribution in [0.4, 0.5) is 13.2 Å². The quantitative estimate of drug-likeness (QED) is 0.753. The Morgan fingerprint density at radius 2 is 1.57 bits per heavy atom. The van der Waals surface area contributed by atoms with Crippen LogP contribution in [0.3, 0.4) is 0 Å². The fourth-order valence-corrected chi connectivity index (χ4v) is 4.15. The van der Waals surface area contributed by atoms with Crippen LogP contribution in [0.2, 0.25) is 0 Å². The molecule has 2 N–H and O–H groups in total. The van der Waals surface area contributed by atoms with Crippen LogP contribution in [0.5, 0.6) is 0 Å². The average molecular weight is 424 g/mol. The molecular formula is C21H23F3N2O4. The number of rotatable bonds is 5. The molecule has 6 nitrogen and oxygen atoms in total. The smallest absolute Gasteiger partial charge is 0.416 e. The van der Waals surface area contributed by atoms with Crippen molar-refractivity contribution < 1.29 is 33.0 Å². The molecule has 0 bridgehead atoms. The maximum Gasteiger partial charge on any atom is 0.416 e. The van der Waals surface area contributed by atoms with Crippen LogP contribution in [-0.2, 0) is 15.8 Å². The molecule has 0 saturated carbocycles. The summed E-state index contributed by atoms with van der Waals surface area (Å²) in [5.41, 5.74) is -0.130. The van der Waals surface area contributed by atoms with Gasteiger partial charge in [-0.3, -0.25) is 4.90 Å². The number of allylic oxidation sites excluding steroid dienone is 1. The van der Waals surface area contributed by atoms with Gasteiger partial charge in [0.2, 0.25) is 0 Å². The lowest BCUT2D eigenvalue weighted by Gasteiger charge is -2.37. The number of carboxylic acids is 2. The highest BCUT2D eigenvalue weighted by molar-refractivity contribution is 5.98. The maximum absolute atomic E-state index is 13.0. The van der Waals surface area contributed by atoms with E-state index in [0.29, 0.717) is 17.9 Å². The molecule has 1 fully saturated rings. The summed E-state index contributed by atoms with van der Waals surface area (Å²) in [6, 6.07) is 4.01. The van der Waals surface area contributed by atoms with Gasteiger partial charge < -0.3 is 15.1 Å². The minimum Gasteiger partial charge on any atom is -0.478 e. The Balaban J connectivity index is 2.16. The predicted molar refractivity (Wildman–Crippen MR) is 103 cm³/mol. The summed E-state index contributed by atoms with van der Waals surface area (Å²) in [5, 5.41) is 19.8. The minimum absolute atomic E-state index is 0.118. The number of halogens is 3. The first-order valence-electron chi connectivity index (χ1n) is 9.56. The van der Waals surface area contributed by atoms with Crippen molar-refractivity contribution in [3.05, 3.63) is 57.9 Å². The van der Waals surface area contributed by atoms with E-state index in [1.807, 2.05) is 0 Å². The standard InChI is InChI=1S/C21H23F3N2O4/c1-12-16(19(27)28)17(13-5-7-14(8-6-13)21(22,23)24)18(20(29)30)15(25(12)2)11-26-9-3-4-10-26/h5-8,17H,3-4,9-11H2,1-2H3,(H,27,28)(H,29,30). The average Bonchev–Trinajstić information content (AvgIpc) is 3.17. The van der Waals surface area contributed by atoms with Gasteiger partial charge in [-0.05, 0) is 50.6 Å². The van der Waals surface area contributed by atoms with Crippen molar-refractivity contribution in [2.24, 2.45) is 0 Å². The Morgan fingerprint density at radius 3 is 2.03 bits per heavy atom. The van der Waals surface area contributed by atoms with Crippen molar-refractivity contribution in [3.63, 3.8) is 0 Å². The van der Waals surface area contributed by atoms with Gasteiger partial charge in [-0.1, -0.05) is 12.1 Å². The van der Waals surface area contributed by atoms with Gasteiger partial charge >= 0.3 is 18.1 Å². The minimum atomic E-state index is -4.54. The summed E-state index contributed by atoms with van der Waals surface area (Å²) in [6.45, 7) is 3.54. The second-order valence-electron chi connectivity index (χ2n) is 7.56. The molecule has 3 rings (SSSR count). The first kappa shape index (κ1) is 21.9. The SMILES string of the molecule is CC1=C(C(=O)O)C(c2ccc(C(F)(F)F)cc2)C(C(=O)O)=C(CN2CCCC2)N1C. The lowest BCUT2D eigenvalue weighted by Crippen LogP contribution is -2.38. The summed E-state index contributed by atoms with van der Waals surface area (Å²) >= 11 is 0. The van der Waals surface area contributed by atoms with Gasteiger partial charge in [0.05, 0.1) is 22.6 Å². The molecule has 0 aromatic heterocycles. The van der Waals surface area contributed by atoms with Gasteiger partial charge in [0.25, 0.3) is 0 Å². The van der Waals surface area contributed by atoms with E-state index in [1.165, 1.54) is 0 Å². The van der Waals surface area contributed by atoms with Crippen molar-refractivity contribution in [2.45, 2.75) is 31.9 Å². The molecule has 1 aromatic rings. The number of nitrogens with zero attached hydrogens (tertiary/aromatic N) is 2. The van der Waals surface area contributed by atoms with E-state index in [1.54, 1.807) is 18.9 Å². The molecule has 1 saturated heterocycles. The number of likely N-dealkylation sites (N-methyl/N-ethyl adjacent to an activating group) is 1. The predicted octanol–water partition coefficient (Wildman–Crippen LogP) is 3.53. The second-order valence-corrected chi connectivity index (χ2v) is 7.56. The first-order valence-corrected chi connectivity index (χ1v) is 9.56. The van der Waals surface area contributed by atoms with Crippen molar-refractivity contribution in [1.82, 2.24) is 9.80 Å². The van der Waals surface area contributed by atoms with Crippen LogP contribution in [-0.4, -0.2) is 58.6 Å². The Morgan fingerprint density at radius 1 is 1.03 bits per heavy atom. The number of hydrogen-bond donors (Lipinski definition) is 2. The number of hydrogen-bond acceptors (Lipinski definition) is 4. The fraction of sp³-hybridized carbons (Fsp3) is 0.429. The van der Waals surface area contributed by atoms with Gasteiger partial charge in [0, 0.05) is 25.0 Å². The lowest BCUT2D eigenvalue weighted by molar-refractivity contribution is -0.138. The highest BCUT2D eigenvalue weighted by Gasteiger charge is 2.40. The molecule has 2 heterocycles. The Labute approximate surface area is 171 Å². The van der Waals surface area contributed by atoms with Gasteiger partial charge in [0.1, 0.15) is 0 Å². The van der Waals surface area contributed by atoms with E-state index >= 15 is 0 Å². The third-order valence-corrected chi connectivity index (χ3v) is 5.79. The molecule has 162 valence electrons. The number of carbonyl (C=O) groups is 2. The van der Waals surface area contributed by atoms with Crippen LogP contribution >= 0.6 is 0 Å². The van der Waals surface area contributed by atoms with E-state index in [0.717, 1.165) is 50.2 Å². The van der Waals surface area contributed by atoms with Gasteiger partial charge in [0.15, 0.2) is 0 Å². The number of alkyl halides is 3. The molecule has 0 spiro atoms. The van der Waals surface area contributed by atoms with Gasteiger partial charge in [-0.15, -0.1) is 0 Å². The molecule has 0 radical (unpaired) electrons. The van der Waals surface area contributed by atoms with Crippen LogP contribution in [0.1, 0.15) is 36.8 Å². The first-order chi connectivity index (χ1) is 14.0. The molecule has 9 heteroatoms. The van der Waals surface area contributed by atoms with Crippen LogP contribution in [0.25, 0.3) is 0 Å². The second kappa shape index (κ2) is 8.14. The highest BCUT2D eigenvalue weighted by atomic mass is 19.4. The number of aliphatic carboxylic acids is 2. The monoisotopic (exact) mass is 424 g/mol. The zero-order chi connectivity index (χ0) is 22.2. The van der Waals surface area contributed by atoms with Crippen LogP contribution in [0.15, 0.2) is 46.8 Å². The van der Waals surface area contributed by atoms with Gasteiger partial charge in [-0.2, -0.15) is 13.2 Å². The van der Waals surface area contributed by atoms with Gasteiger partial charge in [-0.25, -0.2) is 9.59 Å². The largest absolute Gasteiger partial charge is 0.478 e. The molecule has 1 unspecified atom stereocenters. The Bertz CT molecular complexity index is 913. The molecule has 2 aliphatic heterocycles. The topological polar surface area (TPSA) is 81.1 Å². The number of carboxylic acid groups (broad SMARTS) is 2. The molecule has 0 amide bonds. The molecular weight excluding hydrogens is 401 g/mol. The molecule has 1 atom stereocenters. The number of likely N-dealkylation sites (tertiary alicyclic amines) is 1. The van der Waals surface area contributed by atoms with Crippen molar-refractivity contribution in [3.8, 4) is 0 Å². The van der Waals surface area contributed by atoms with E-state index < -0.39 is 29.6 Å². The van der Waals surface area contributed by atoms with Crippen molar-refractivity contribution in [2.75, 3.05) is 26.7 Å². The summed E-state index contributed by atoms with van der Waals surface area (Å²) in [4.78, 5) is 28.0. The molecule has 30 heavy (non-hydrogen) atoms. The Hall–Kier alpha value is -2.81. The maximum atomic E-state index is 13.0. The van der Waals surface area contributed by atoms with Crippen LogP contribution < -0.4 is 0 Å². The summed E-state index contributed by atoms with van der Waals surface area (Å²) in [7, 11) is 1.62. The molecule has 2 aliphatic rings. The third-order valence-electron chi connectivity index (χ3n) is 5.79. The summed E-state index contributed by atoms with van der Waals surface area (Å²) in [5.74, 6) is -3.76. The lowest BCUT2D eigenvalue weighted by atomic mass is 9.79. The zero-order valence-electron chi connectivity index (χ0n) is 16.7. The molecule has 0 aliphatic carbocycles. The normalized spacial score (nSPS) is 20.8. The highest BCUT2D eigenvalue weighted by Crippen LogP contribution is 2.42.